The molecule has 116 valence electrons. The highest BCUT2D eigenvalue weighted by molar-refractivity contribution is 5.49. The second-order valence-corrected chi connectivity index (χ2v) is 5.61. The van der Waals surface area contributed by atoms with Gasteiger partial charge in [-0.15, -0.1) is 0 Å². The highest BCUT2D eigenvalue weighted by Crippen LogP contribution is 2.19. The van der Waals surface area contributed by atoms with Gasteiger partial charge < -0.3 is 15.3 Å². The molecule has 2 aromatic rings. The molecule has 3 rings (SSSR count). The maximum Gasteiger partial charge on any atom is 0.134 e. The number of aromatic nitrogens is 2. The minimum absolute atomic E-state index is 0.0960. The molecule has 1 fully saturated rings. The first kappa shape index (κ1) is 14.8. The highest BCUT2D eigenvalue weighted by Gasteiger charge is 2.13. The van der Waals surface area contributed by atoms with Crippen molar-refractivity contribution in [1.29, 1.82) is 0 Å². The Morgan fingerprint density at radius 2 is 1.77 bits per heavy atom. The first-order valence-corrected chi connectivity index (χ1v) is 7.85. The summed E-state index contributed by atoms with van der Waals surface area (Å²) in [5.74, 6) is 1.89. The quantitative estimate of drug-likeness (QED) is 0.856. The van der Waals surface area contributed by atoms with Crippen molar-refractivity contribution in [2.75, 3.05) is 29.9 Å². The van der Waals surface area contributed by atoms with Crippen LogP contribution in [0.1, 0.15) is 24.0 Å². The second-order valence-electron chi connectivity index (χ2n) is 5.61. The van der Waals surface area contributed by atoms with Crippen molar-refractivity contribution in [2.24, 2.45) is 0 Å². The van der Waals surface area contributed by atoms with Crippen LogP contribution >= 0.6 is 0 Å². The minimum Gasteiger partial charge on any atom is -0.392 e. The van der Waals surface area contributed by atoms with Gasteiger partial charge >= 0.3 is 0 Å². The molecule has 0 unspecified atom stereocenters. The summed E-state index contributed by atoms with van der Waals surface area (Å²) in [6.45, 7) is 3.11. The Morgan fingerprint density at radius 3 is 2.50 bits per heavy atom. The van der Waals surface area contributed by atoms with E-state index in [-0.39, 0.29) is 6.61 Å². The van der Waals surface area contributed by atoms with E-state index in [1.165, 1.54) is 18.4 Å². The predicted octanol–water partition coefficient (Wildman–Crippen LogP) is 2.22. The zero-order chi connectivity index (χ0) is 15.2. The van der Waals surface area contributed by atoms with Crippen LogP contribution in [0.5, 0.6) is 0 Å². The van der Waals surface area contributed by atoms with E-state index in [0.29, 0.717) is 0 Å². The monoisotopic (exact) mass is 298 g/mol. The molecular weight excluding hydrogens is 276 g/mol. The van der Waals surface area contributed by atoms with Crippen LogP contribution in [-0.2, 0) is 13.0 Å². The Morgan fingerprint density at radius 1 is 1.05 bits per heavy atom. The molecule has 22 heavy (non-hydrogen) atoms. The smallest absolute Gasteiger partial charge is 0.134 e. The fourth-order valence-corrected chi connectivity index (χ4v) is 2.71. The van der Waals surface area contributed by atoms with Crippen LogP contribution < -0.4 is 10.2 Å². The predicted molar refractivity (Wildman–Crippen MR) is 88.0 cm³/mol. The van der Waals surface area contributed by atoms with E-state index >= 15 is 0 Å². The van der Waals surface area contributed by atoms with Crippen LogP contribution in [0.2, 0.25) is 0 Å². The van der Waals surface area contributed by atoms with Crippen LogP contribution in [0.4, 0.5) is 11.6 Å². The zero-order valence-electron chi connectivity index (χ0n) is 12.7. The lowest BCUT2D eigenvalue weighted by Crippen LogP contribution is -2.19. The summed E-state index contributed by atoms with van der Waals surface area (Å²) in [7, 11) is 0. The summed E-state index contributed by atoms with van der Waals surface area (Å²) < 4.78 is 0. The molecule has 2 heterocycles. The van der Waals surface area contributed by atoms with Crippen LogP contribution in [-0.4, -0.2) is 34.7 Å². The number of aliphatic hydroxyl groups is 1. The van der Waals surface area contributed by atoms with Crippen molar-refractivity contribution in [1.82, 2.24) is 9.97 Å². The molecule has 5 heteroatoms. The molecule has 0 radical (unpaired) electrons. The van der Waals surface area contributed by atoms with Crippen LogP contribution in [0, 0.1) is 0 Å². The molecule has 1 saturated heterocycles. The number of hydrogen-bond donors (Lipinski definition) is 2. The molecule has 2 N–H and O–H groups in total. The van der Waals surface area contributed by atoms with E-state index in [9.17, 15) is 0 Å². The first-order valence-electron chi connectivity index (χ1n) is 7.85. The molecule has 5 nitrogen and oxygen atoms in total. The average molecular weight is 298 g/mol. The summed E-state index contributed by atoms with van der Waals surface area (Å²) in [5, 5.41) is 12.4. The van der Waals surface area contributed by atoms with Crippen LogP contribution in [0.3, 0.4) is 0 Å². The van der Waals surface area contributed by atoms with E-state index in [0.717, 1.165) is 43.3 Å². The molecule has 1 aromatic carbocycles. The third-order valence-electron chi connectivity index (χ3n) is 4.01. The molecular formula is C17H22N4O. The normalized spacial score (nSPS) is 14.3. The van der Waals surface area contributed by atoms with Gasteiger partial charge in [-0.25, -0.2) is 9.97 Å². The summed E-state index contributed by atoms with van der Waals surface area (Å²) in [6, 6.07) is 10.1. The lowest BCUT2D eigenvalue weighted by molar-refractivity contribution is 0.282. The van der Waals surface area contributed by atoms with Gasteiger partial charge in [0.15, 0.2) is 0 Å². The van der Waals surface area contributed by atoms with Crippen molar-refractivity contribution < 1.29 is 5.11 Å². The number of anilines is 2. The van der Waals surface area contributed by atoms with E-state index in [1.54, 1.807) is 6.33 Å². The number of nitrogens with one attached hydrogen (secondary N) is 1. The molecule has 0 spiro atoms. The molecule has 1 aliphatic rings. The number of nitrogens with zero attached hydrogens (tertiary/aromatic N) is 3. The van der Waals surface area contributed by atoms with Gasteiger partial charge in [-0.05, 0) is 30.4 Å². The van der Waals surface area contributed by atoms with Gasteiger partial charge in [0.25, 0.3) is 0 Å². The molecule has 0 aliphatic carbocycles. The Bertz CT molecular complexity index is 594. The lowest BCUT2D eigenvalue weighted by Gasteiger charge is -2.16. The SMILES string of the molecule is OCc1ccc(CCNc2cc(N3CCCC3)ncn2)cc1. The number of benzene rings is 1. The summed E-state index contributed by atoms with van der Waals surface area (Å²) in [4.78, 5) is 11.0. The van der Waals surface area contributed by atoms with Crippen molar-refractivity contribution in [3.8, 4) is 0 Å². The van der Waals surface area contributed by atoms with E-state index in [2.05, 4.69) is 32.3 Å². The number of rotatable bonds is 6. The minimum atomic E-state index is 0.0960. The van der Waals surface area contributed by atoms with E-state index in [1.807, 2.05) is 18.2 Å². The number of aliphatic hydroxyl groups excluding tert-OH is 1. The number of hydrogen-bond acceptors (Lipinski definition) is 5. The third kappa shape index (κ3) is 3.74. The molecule has 0 atom stereocenters. The van der Waals surface area contributed by atoms with Gasteiger partial charge in [0.05, 0.1) is 6.61 Å². The van der Waals surface area contributed by atoms with Crippen LogP contribution in [0.25, 0.3) is 0 Å². The highest BCUT2D eigenvalue weighted by atomic mass is 16.3. The zero-order valence-corrected chi connectivity index (χ0v) is 12.7. The Hall–Kier alpha value is -2.14. The molecule has 0 amide bonds. The van der Waals surface area contributed by atoms with Gasteiger partial charge in [-0.1, -0.05) is 24.3 Å². The summed E-state index contributed by atoms with van der Waals surface area (Å²) >= 11 is 0. The van der Waals surface area contributed by atoms with Gasteiger partial charge in [0.1, 0.15) is 18.0 Å². The van der Waals surface area contributed by atoms with Crippen LogP contribution in [0.15, 0.2) is 36.7 Å². The standard InChI is InChI=1S/C17H22N4O/c22-12-15-5-3-14(4-6-15)7-8-18-16-11-17(20-13-19-16)21-9-1-2-10-21/h3-6,11,13,22H,1-2,7-10,12H2,(H,18,19,20). The maximum atomic E-state index is 9.04. The van der Waals surface area contributed by atoms with Gasteiger partial charge in [-0.3, -0.25) is 0 Å². The fourth-order valence-electron chi connectivity index (χ4n) is 2.71. The molecule has 0 bridgehead atoms. The summed E-state index contributed by atoms with van der Waals surface area (Å²) in [5.41, 5.74) is 2.20. The Labute approximate surface area is 131 Å². The maximum absolute atomic E-state index is 9.04. The van der Waals surface area contributed by atoms with E-state index < -0.39 is 0 Å². The molecule has 1 aromatic heterocycles. The first-order chi connectivity index (χ1) is 10.8. The van der Waals surface area contributed by atoms with Gasteiger partial charge in [0.2, 0.25) is 0 Å². The average Bonchev–Trinajstić information content (AvgIpc) is 3.10. The largest absolute Gasteiger partial charge is 0.392 e. The Balaban J connectivity index is 1.53. The second kappa shape index (κ2) is 7.22. The van der Waals surface area contributed by atoms with Gasteiger partial charge in [0, 0.05) is 25.7 Å². The fraction of sp³-hybridized carbons (Fsp3) is 0.412. The topological polar surface area (TPSA) is 61.3 Å². The summed E-state index contributed by atoms with van der Waals surface area (Å²) in [6.07, 6.45) is 5.05. The van der Waals surface area contributed by atoms with Crippen molar-refractivity contribution in [3.63, 3.8) is 0 Å². The van der Waals surface area contributed by atoms with Crippen molar-refractivity contribution in [2.45, 2.75) is 25.9 Å². The molecule has 0 saturated carbocycles. The third-order valence-corrected chi connectivity index (χ3v) is 4.01. The van der Waals surface area contributed by atoms with Gasteiger partial charge in [-0.2, -0.15) is 0 Å². The molecule has 1 aliphatic heterocycles. The van der Waals surface area contributed by atoms with E-state index in [4.69, 9.17) is 5.11 Å². The van der Waals surface area contributed by atoms with Crippen molar-refractivity contribution in [3.05, 3.63) is 47.8 Å². The Kier molecular flexibility index (Phi) is 4.85. The lowest BCUT2D eigenvalue weighted by atomic mass is 10.1. The van der Waals surface area contributed by atoms with Crippen molar-refractivity contribution >= 4 is 11.6 Å².